The number of carbonyl (C=O) groups is 4. The lowest BCUT2D eigenvalue weighted by Crippen LogP contribution is -2.04. The van der Waals surface area contributed by atoms with Crippen LogP contribution in [-0.2, 0) is 70.6 Å². The second kappa shape index (κ2) is 17.0. The summed E-state index contributed by atoms with van der Waals surface area (Å²) >= 11 is 5.54. The number of Topliss-reactive ketones (excluding diaryl/α,β-unsaturated/α-hetero) is 4. The molecule has 0 saturated heterocycles. The largest absolute Gasteiger partial charge is 0.294 e. The zero-order valence-electron chi connectivity index (χ0n) is 33.1. The van der Waals surface area contributed by atoms with E-state index >= 15 is 0 Å². The zero-order chi connectivity index (χ0) is 41.4. The van der Waals surface area contributed by atoms with Gasteiger partial charge in [-0.25, -0.2) is 0 Å². The Morgan fingerprint density at radius 2 is 1.14 bits per heavy atom. The molecule has 302 valence electrons. The van der Waals surface area contributed by atoms with Gasteiger partial charge in [0, 0.05) is 64.9 Å². The first-order valence-corrected chi connectivity index (χ1v) is 21.5. The minimum atomic E-state index is -0.389. The molecule has 7 aliphatic rings. The molecule has 10 nitrogen and oxygen atoms in total. The molecule has 0 N–H and O–H groups in total. The van der Waals surface area contributed by atoms with Crippen LogP contribution in [0, 0.1) is 26.6 Å². The lowest BCUT2D eigenvalue weighted by atomic mass is 9.99. The highest BCUT2D eigenvalue weighted by Gasteiger charge is 2.38. The van der Waals surface area contributed by atoms with Crippen molar-refractivity contribution in [2.75, 3.05) is 5.88 Å². The van der Waals surface area contributed by atoms with E-state index in [0.29, 0.717) is 66.9 Å². The van der Waals surface area contributed by atoms with Crippen molar-refractivity contribution in [3.05, 3.63) is 153 Å². The molecule has 0 radical (unpaired) electrons. The summed E-state index contributed by atoms with van der Waals surface area (Å²) in [4.78, 5) is 67.9. The Morgan fingerprint density at radius 3 is 1.88 bits per heavy atom. The average molecular weight is 814 g/mol. The van der Waals surface area contributed by atoms with E-state index in [1.54, 1.807) is 0 Å². The number of fused-ring (bicyclic) bond motifs is 7. The van der Waals surface area contributed by atoms with Gasteiger partial charge >= 0.3 is 0 Å². The number of ketones is 4. The van der Waals surface area contributed by atoms with Crippen LogP contribution in [0.1, 0.15) is 148 Å². The molecule has 11 heteroatoms. The van der Waals surface area contributed by atoms with Gasteiger partial charge in [-0.05, 0) is 140 Å². The molecule has 0 spiro atoms. The Bertz CT molecular complexity index is 2470. The molecule has 0 saturated carbocycles. The molecule has 0 bridgehead atoms. The average Bonchev–Trinajstić information content (AvgIpc) is 4.09. The number of benzene rings is 4. The maximum absolute atomic E-state index is 11.7. The second-order valence-corrected chi connectivity index (χ2v) is 16.8. The van der Waals surface area contributed by atoms with Crippen molar-refractivity contribution in [3.63, 3.8) is 0 Å². The Labute approximate surface area is 348 Å². The highest BCUT2D eigenvalue weighted by molar-refractivity contribution is 6.19. The van der Waals surface area contributed by atoms with Gasteiger partial charge in [-0.3, -0.25) is 39.4 Å². The maximum atomic E-state index is 11.7. The van der Waals surface area contributed by atoms with Crippen molar-refractivity contribution in [1.82, 2.24) is 0 Å². The van der Waals surface area contributed by atoms with Crippen LogP contribution >= 0.6 is 11.6 Å². The fourth-order valence-corrected chi connectivity index (χ4v) is 10.2. The van der Waals surface area contributed by atoms with Crippen molar-refractivity contribution in [2.45, 2.75) is 116 Å². The first kappa shape index (κ1) is 40.3. The van der Waals surface area contributed by atoms with Crippen LogP contribution in [0.4, 0.5) is 11.4 Å². The minimum Gasteiger partial charge on any atom is -0.294 e. The third-order valence-electron chi connectivity index (χ3n) is 12.9. The van der Waals surface area contributed by atoms with Gasteiger partial charge in [0.2, 0.25) is 0 Å². The molecule has 11 rings (SSSR count). The molecule has 0 heterocycles. The van der Waals surface area contributed by atoms with E-state index in [1.165, 1.54) is 59.9 Å². The number of nitrogens with zero attached hydrogens (tertiary/aromatic N) is 2. The van der Waals surface area contributed by atoms with E-state index in [9.17, 15) is 39.4 Å². The normalized spacial score (nSPS) is 16.8. The van der Waals surface area contributed by atoms with Crippen molar-refractivity contribution in [1.29, 1.82) is 0 Å². The molecular weight excluding hydrogens is 768 g/mol. The lowest BCUT2D eigenvalue weighted by Gasteiger charge is -2.06. The third kappa shape index (κ3) is 7.99. The Hall–Kier alpha value is -5.48. The third-order valence-corrected chi connectivity index (χ3v) is 13.1. The molecule has 0 amide bonds. The summed E-state index contributed by atoms with van der Waals surface area (Å²) in [5.74, 6) is 0.916. The molecule has 4 aromatic carbocycles. The summed E-state index contributed by atoms with van der Waals surface area (Å²) in [7, 11) is 0. The Balaban J connectivity index is 0.000000110. The molecule has 0 unspecified atom stereocenters. The standard InChI is InChI=1S/C12H13ClO.C12H10NO3.C12H11NO3.C12H12O/c13-7-6-12(14)11-5-4-9-2-1-3-10(9)8-11;14-10-5-4-8-6-7-2-1-3-9(7)12(11(8)10)13(15)16;14-11-5-4-9-10(11)6-7-2-1-3-8(7)12(9)13(15)16;13-12-5-4-10-6-8-2-1-3-9(8)7-11(10)12/h4-5,8H,1-3,6-7H2;1,6H,2-5H2;6H,1-5H2;6-7H,1-5H2/q;+1;;. The number of nitro benzene ring substituents is 2. The summed E-state index contributed by atoms with van der Waals surface area (Å²) in [5, 5.41) is 22.2. The van der Waals surface area contributed by atoms with E-state index in [4.69, 9.17) is 11.6 Å². The van der Waals surface area contributed by atoms with Crippen molar-refractivity contribution in [2.24, 2.45) is 0 Å². The van der Waals surface area contributed by atoms with E-state index in [2.05, 4.69) is 18.2 Å². The van der Waals surface area contributed by atoms with E-state index in [0.717, 1.165) is 83.9 Å². The molecule has 0 aliphatic heterocycles. The van der Waals surface area contributed by atoms with E-state index < -0.39 is 0 Å². The number of hydrogen-bond donors (Lipinski definition) is 0. The van der Waals surface area contributed by atoms with Gasteiger partial charge in [0.05, 0.1) is 27.4 Å². The fraction of sp³-hybridized carbons (Fsp3) is 0.396. The highest BCUT2D eigenvalue weighted by atomic mass is 35.5. The van der Waals surface area contributed by atoms with Crippen LogP contribution in [0.25, 0.3) is 0 Å². The number of nitro groups is 2. The zero-order valence-corrected chi connectivity index (χ0v) is 33.8. The van der Waals surface area contributed by atoms with Gasteiger partial charge in [-0.15, -0.1) is 11.6 Å². The molecule has 59 heavy (non-hydrogen) atoms. The van der Waals surface area contributed by atoms with Gasteiger partial charge in [0.1, 0.15) is 12.8 Å². The van der Waals surface area contributed by atoms with Crippen LogP contribution in [0.5, 0.6) is 0 Å². The van der Waals surface area contributed by atoms with E-state index in [-0.39, 0.29) is 38.6 Å². The quantitative estimate of drug-likeness (QED) is 0.0635. The predicted octanol–water partition coefficient (Wildman–Crippen LogP) is 9.53. The number of aryl methyl sites for hydroxylation is 7. The van der Waals surface area contributed by atoms with Crippen LogP contribution in [0.15, 0.2) is 42.5 Å². The minimum absolute atomic E-state index is 0.0628. The first-order chi connectivity index (χ1) is 28.5. The molecule has 0 aromatic heterocycles. The Morgan fingerprint density at radius 1 is 0.542 bits per heavy atom. The number of halogens is 1. The SMILES string of the molecule is O=C(CCCl)c1ccc2c(c1)CCC2.O=C1CCc2c1cc1c(c2[N+](=O)[O-])CCC1.O=C1CCc2cc3c(c([N+](=O)[O-])c21)C[CH+]C3.O=C1CCc2cc3c(cc21)CCC3. The van der Waals surface area contributed by atoms with Crippen molar-refractivity contribution in [3.8, 4) is 0 Å². The summed E-state index contributed by atoms with van der Waals surface area (Å²) in [6.45, 7) is 0. The Kier molecular flexibility index (Phi) is 11.6. The monoisotopic (exact) mass is 813 g/mol. The number of carbonyl (C=O) groups excluding carboxylic acids is 4. The van der Waals surface area contributed by atoms with Crippen LogP contribution in [-0.4, -0.2) is 38.9 Å². The van der Waals surface area contributed by atoms with Gasteiger partial charge in [0.25, 0.3) is 11.4 Å². The molecule has 7 aliphatic carbocycles. The predicted molar refractivity (Wildman–Crippen MR) is 224 cm³/mol. The fourth-order valence-electron chi connectivity index (χ4n) is 10.1. The number of rotatable bonds is 5. The van der Waals surface area contributed by atoms with Crippen molar-refractivity contribution < 1.29 is 29.0 Å². The molecule has 0 atom stereocenters. The number of hydrogen-bond acceptors (Lipinski definition) is 8. The van der Waals surface area contributed by atoms with Gasteiger partial charge in [-0.1, -0.05) is 18.2 Å². The number of alkyl halides is 1. The first-order valence-electron chi connectivity index (χ1n) is 20.9. The summed E-state index contributed by atoms with van der Waals surface area (Å²) < 4.78 is 0. The van der Waals surface area contributed by atoms with Gasteiger partial charge < -0.3 is 0 Å². The van der Waals surface area contributed by atoms with Crippen LogP contribution in [0.2, 0.25) is 0 Å². The van der Waals surface area contributed by atoms with Crippen LogP contribution in [0.3, 0.4) is 0 Å². The topological polar surface area (TPSA) is 155 Å². The molecular formula is C48H46ClN2O8+. The van der Waals surface area contributed by atoms with Crippen molar-refractivity contribution >= 4 is 46.1 Å². The van der Waals surface area contributed by atoms with Crippen LogP contribution < -0.4 is 0 Å². The van der Waals surface area contributed by atoms with E-state index in [1.807, 2.05) is 30.7 Å². The second-order valence-electron chi connectivity index (χ2n) is 16.5. The molecule has 4 aromatic rings. The summed E-state index contributed by atoms with van der Waals surface area (Å²) in [5.41, 5.74) is 15.3. The lowest BCUT2D eigenvalue weighted by molar-refractivity contribution is -0.386. The van der Waals surface area contributed by atoms with Gasteiger partial charge in [-0.2, -0.15) is 0 Å². The highest BCUT2D eigenvalue weighted by Crippen LogP contribution is 2.41. The summed E-state index contributed by atoms with van der Waals surface area (Å²) in [6, 6.07) is 14.3. The smallest absolute Gasteiger partial charge is 0.288 e. The maximum Gasteiger partial charge on any atom is 0.288 e. The van der Waals surface area contributed by atoms with Gasteiger partial charge in [0.15, 0.2) is 23.1 Å². The summed E-state index contributed by atoms with van der Waals surface area (Å²) in [6.07, 6.45) is 17.4. The molecule has 0 fully saturated rings.